The maximum atomic E-state index is 10.8. The normalized spacial score (nSPS) is 33.9. The molecule has 1 aromatic heterocycles. The van der Waals surface area contributed by atoms with Gasteiger partial charge in [-0.15, -0.1) is 0 Å². The molecule has 0 aromatic carbocycles. The second-order valence-corrected chi connectivity index (χ2v) is 5.88. The van der Waals surface area contributed by atoms with Crippen molar-refractivity contribution < 1.29 is 5.11 Å². The molecule has 1 N–H and O–H groups in total. The summed E-state index contributed by atoms with van der Waals surface area (Å²) in [4.78, 5) is 0. The summed E-state index contributed by atoms with van der Waals surface area (Å²) in [5, 5.41) is 15.1. The predicted octanol–water partition coefficient (Wildman–Crippen LogP) is 2.94. The van der Waals surface area contributed by atoms with Gasteiger partial charge >= 0.3 is 0 Å². The van der Waals surface area contributed by atoms with Crippen LogP contribution in [0.25, 0.3) is 0 Å². The highest BCUT2D eigenvalue weighted by molar-refractivity contribution is 5.16. The van der Waals surface area contributed by atoms with Crippen LogP contribution in [-0.4, -0.2) is 14.9 Å². The van der Waals surface area contributed by atoms with E-state index in [-0.39, 0.29) is 0 Å². The maximum absolute atomic E-state index is 10.8. The zero-order chi connectivity index (χ0) is 12.5. The van der Waals surface area contributed by atoms with Gasteiger partial charge in [-0.3, -0.25) is 4.68 Å². The molecule has 2 unspecified atom stereocenters. The molecule has 0 radical (unpaired) electrons. The molecule has 1 saturated carbocycles. The first-order valence-corrected chi connectivity index (χ1v) is 6.79. The molecule has 0 bridgehead atoms. The Morgan fingerprint density at radius 1 is 1.41 bits per heavy atom. The molecule has 0 saturated heterocycles. The minimum absolute atomic E-state index is 0.596. The van der Waals surface area contributed by atoms with Gasteiger partial charge in [-0.05, 0) is 37.5 Å². The SMILES string of the molecule is CCCn1cc(C2(O)CC(C)CC(C)C2)cn1. The summed E-state index contributed by atoms with van der Waals surface area (Å²) >= 11 is 0. The number of hydrogen-bond acceptors (Lipinski definition) is 2. The number of nitrogens with zero attached hydrogens (tertiary/aromatic N) is 2. The molecule has 0 aliphatic heterocycles. The van der Waals surface area contributed by atoms with Crippen molar-refractivity contribution in [2.75, 3.05) is 0 Å². The fourth-order valence-corrected chi connectivity index (χ4v) is 3.28. The van der Waals surface area contributed by atoms with Crippen molar-refractivity contribution in [1.29, 1.82) is 0 Å². The minimum atomic E-state index is -0.650. The quantitative estimate of drug-likeness (QED) is 0.876. The van der Waals surface area contributed by atoms with Crippen LogP contribution in [-0.2, 0) is 12.1 Å². The van der Waals surface area contributed by atoms with Gasteiger partial charge in [0.15, 0.2) is 0 Å². The van der Waals surface area contributed by atoms with E-state index in [0.717, 1.165) is 31.4 Å². The van der Waals surface area contributed by atoms with Gasteiger partial charge in [0.2, 0.25) is 0 Å². The van der Waals surface area contributed by atoms with Crippen molar-refractivity contribution in [1.82, 2.24) is 9.78 Å². The topological polar surface area (TPSA) is 38.0 Å². The summed E-state index contributed by atoms with van der Waals surface area (Å²) in [5.41, 5.74) is 0.354. The first-order chi connectivity index (χ1) is 8.03. The molecule has 96 valence electrons. The summed E-state index contributed by atoms with van der Waals surface area (Å²) in [6.07, 6.45) is 7.91. The van der Waals surface area contributed by atoms with Crippen LogP contribution >= 0.6 is 0 Å². The molecule has 3 nitrogen and oxygen atoms in total. The van der Waals surface area contributed by atoms with Crippen LogP contribution in [0.15, 0.2) is 12.4 Å². The third kappa shape index (κ3) is 2.71. The molecule has 17 heavy (non-hydrogen) atoms. The zero-order valence-corrected chi connectivity index (χ0v) is 11.2. The molecule has 1 fully saturated rings. The van der Waals surface area contributed by atoms with Crippen LogP contribution in [0.3, 0.4) is 0 Å². The average molecular weight is 236 g/mol. The van der Waals surface area contributed by atoms with E-state index < -0.39 is 5.60 Å². The Hall–Kier alpha value is -0.830. The summed E-state index contributed by atoms with van der Waals surface area (Å²) < 4.78 is 1.94. The Balaban J connectivity index is 2.18. The minimum Gasteiger partial charge on any atom is -0.385 e. The van der Waals surface area contributed by atoms with Gasteiger partial charge in [-0.25, -0.2) is 0 Å². The molecule has 0 amide bonds. The first-order valence-electron chi connectivity index (χ1n) is 6.79. The number of aryl methyl sites for hydroxylation is 1. The predicted molar refractivity (Wildman–Crippen MR) is 68.6 cm³/mol. The lowest BCUT2D eigenvalue weighted by atomic mass is 9.71. The molecule has 0 spiro atoms. The lowest BCUT2D eigenvalue weighted by molar-refractivity contribution is -0.0363. The van der Waals surface area contributed by atoms with Crippen LogP contribution in [0.1, 0.15) is 52.0 Å². The van der Waals surface area contributed by atoms with Gasteiger partial charge in [-0.2, -0.15) is 5.10 Å². The lowest BCUT2D eigenvalue weighted by Crippen LogP contribution is -2.35. The van der Waals surface area contributed by atoms with Crippen LogP contribution in [0.4, 0.5) is 0 Å². The highest BCUT2D eigenvalue weighted by Crippen LogP contribution is 2.42. The molecule has 1 heterocycles. The smallest absolute Gasteiger partial charge is 0.0931 e. The second-order valence-electron chi connectivity index (χ2n) is 5.88. The third-order valence-corrected chi connectivity index (χ3v) is 3.80. The summed E-state index contributed by atoms with van der Waals surface area (Å²) in [5.74, 6) is 1.19. The molecule has 3 heteroatoms. The maximum Gasteiger partial charge on any atom is 0.0931 e. The largest absolute Gasteiger partial charge is 0.385 e. The third-order valence-electron chi connectivity index (χ3n) is 3.80. The lowest BCUT2D eigenvalue weighted by Gasteiger charge is -2.38. The van der Waals surface area contributed by atoms with E-state index in [2.05, 4.69) is 25.9 Å². The van der Waals surface area contributed by atoms with Crippen LogP contribution in [0.2, 0.25) is 0 Å². The molecular formula is C14H24N2O. The fraction of sp³-hybridized carbons (Fsp3) is 0.786. The van der Waals surface area contributed by atoms with E-state index in [0.29, 0.717) is 11.8 Å². The Kier molecular flexibility index (Phi) is 3.57. The zero-order valence-electron chi connectivity index (χ0n) is 11.2. The second kappa shape index (κ2) is 4.81. The van der Waals surface area contributed by atoms with Crippen LogP contribution < -0.4 is 0 Å². The number of aliphatic hydroxyl groups is 1. The van der Waals surface area contributed by atoms with Gasteiger partial charge in [0, 0.05) is 18.3 Å². The Labute approximate surface area is 104 Å². The molecule has 2 atom stereocenters. The summed E-state index contributed by atoms with van der Waals surface area (Å²) in [6, 6.07) is 0. The van der Waals surface area contributed by atoms with Gasteiger partial charge < -0.3 is 5.11 Å². The Morgan fingerprint density at radius 2 is 2.06 bits per heavy atom. The van der Waals surface area contributed by atoms with Crippen molar-refractivity contribution >= 4 is 0 Å². The van der Waals surface area contributed by atoms with Gasteiger partial charge in [0.25, 0.3) is 0 Å². The molecule has 2 rings (SSSR count). The molecular weight excluding hydrogens is 212 g/mol. The number of hydrogen-bond donors (Lipinski definition) is 1. The molecule has 1 aromatic rings. The van der Waals surface area contributed by atoms with Crippen molar-refractivity contribution in [3.8, 4) is 0 Å². The van der Waals surface area contributed by atoms with Crippen LogP contribution in [0.5, 0.6) is 0 Å². The van der Waals surface area contributed by atoms with Crippen molar-refractivity contribution in [3.63, 3.8) is 0 Å². The summed E-state index contributed by atoms with van der Waals surface area (Å²) in [6.45, 7) is 7.54. The Morgan fingerprint density at radius 3 is 2.65 bits per heavy atom. The van der Waals surface area contributed by atoms with E-state index in [1.807, 2.05) is 17.1 Å². The van der Waals surface area contributed by atoms with E-state index >= 15 is 0 Å². The Bertz CT molecular complexity index is 362. The van der Waals surface area contributed by atoms with Gasteiger partial charge in [-0.1, -0.05) is 20.8 Å². The van der Waals surface area contributed by atoms with E-state index in [1.54, 1.807) is 0 Å². The molecule has 1 aliphatic carbocycles. The highest BCUT2D eigenvalue weighted by Gasteiger charge is 2.38. The summed E-state index contributed by atoms with van der Waals surface area (Å²) in [7, 11) is 0. The van der Waals surface area contributed by atoms with Crippen molar-refractivity contribution in [2.45, 2.75) is 58.6 Å². The van der Waals surface area contributed by atoms with E-state index in [9.17, 15) is 5.11 Å². The fourth-order valence-electron chi connectivity index (χ4n) is 3.28. The van der Waals surface area contributed by atoms with E-state index in [1.165, 1.54) is 6.42 Å². The molecule has 1 aliphatic rings. The van der Waals surface area contributed by atoms with Gasteiger partial charge in [0.05, 0.1) is 11.8 Å². The number of rotatable bonds is 3. The van der Waals surface area contributed by atoms with Crippen molar-refractivity contribution in [2.24, 2.45) is 11.8 Å². The highest BCUT2D eigenvalue weighted by atomic mass is 16.3. The van der Waals surface area contributed by atoms with Crippen molar-refractivity contribution in [3.05, 3.63) is 18.0 Å². The standard InChI is InChI=1S/C14H24N2O/c1-4-5-16-10-13(9-15-16)14(17)7-11(2)6-12(3)8-14/h9-12,17H,4-8H2,1-3H3. The first kappa shape index (κ1) is 12.6. The van der Waals surface area contributed by atoms with Crippen LogP contribution in [0, 0.1) is 11.8 Å². The number of aromatic nitrogens is 2. The average Bonchev–Trinajstić information content (AvgIpc) is 2.65. The van der Waals surface area contributed by atoms with Gasteiger partial charge in [0.1, 0.15) is 0 Å². The monoisotopic (exact) mass is 236 g/mol. The van der Waals surface area contributed by atoms with E-state index in [4.69, 9.17) is 0 Å².